The monoisotopic (exact) mass is 303 g/mol. The van der Waals surface area contributed by atoms with Gasteiger partial charge in [-0.3, -0.25) is 4.79 Å². The van der Waals surface area contributed by atoms with Crippen LogP contribution >= 0.6 is 23.2 Å². The number of carboxylic acids is 1. The van der Waals surface area contributed by atoms with E-state index in [1.54, 1.807) is 18.2 Å². The molecule has 19 heavy (non-hydrogen) atoms. The lowest BCUT2D eigenvalue weighted by atomic mass is 10.2. The molecule has 2 N–H and O–H groups in total. The molecule has 0 aromatic heterocycles. The Labute approximate surface area is 119 Å². The highest BCUT2D eigenvalue weighted by Gasteiger charge is 2.12. The number of aliphatic hydroxyl groups excluding tert-OH is 1. The van der Waals surface area contributed by atoms with Gasteiger partial charge in [-0.2, -0.15) is 0 Å². The van der Waals surface area contributed by atoms with E-state index in [2.05, 4.69) is 0 Å². The van der Waals surface area contributed by atoms with Crippen molar-refractivity contribution >= 4 is 35.1 Å². The molecule has 0 bridgehead atoms. The Kier molecular flexibility index (Phi) is 5.20. The lowest BCUT2D eigenvalue weighted by Gasteiger charge is -2.15. The number of likely N-dealkylation sites (N-methyl/N-ethyl adjacent to an activating group) is 1. The largest absolute Gasteiger partial charge is 0.502 e. The number of nitrogens with zero attached hydrogens (tertiary/aromatic N) is 1. The van der Waals surface area contributed by atoms with Gasteiger partial charge in [0.1, 0.15) is 0 Å². The smallest absolute Gasteiger partial charge is 0.371 e. The number of carboxylic acid groups (broad SMARTS) is 1. The first-order chi connectivity index (χ1) is 8.81. The van der Waals surface area contributed by atoms with E-state index in [1.807, 2.05) is 0 Å². The summed E-state index contributed by atoms with van der Waals surface area (Å²) in [6, 6.07) is 4.90. The molecule has 0 heterocycles. The summed E-state index contributed by atoms with van der Waals surface area (Å²) in [7, 11) is 1.47. The zero-order valence-corrected chi connectivity index (χ0v) is 11.4. The second-order valence-electron chi connectivity index (χ2n) is 3.78. The summed E-state index contributed by atoms with van der Waals surface area (Å²) in [5.41, 5.74) is 0.730. The number of rotatable bonds is 4. The Bertz CT molecular complexity index is 543. The molecule has 7 heteroatoms. The summed E-state index contributed by atoms with van der Waals surface area (Å²) >= 11 is 11.6. The molecular weight excluding hydrogens is 293 g/mol. The number of amides is 1. The first-order valence-corrected chi connectivity index (χ1v) is 5.90. The maximum atomic E-state index is 11.6. The van der Waals surface area contributed by atoms with Gasteiger partial charge >= 0.3 is 5.97 Å². The van der Waals surface area contributed by atoms with Crippen molar-refractivity contribution in [2.24, 2.45) is 0 Å². The third-order valence-corrected chi connectivity index (χ3v) is 3.00. The van der Waals surface area contributed by atoms with Gasteiger partial charge < -0.3 is 15.1 Å². The lowest BCUT2D eigenvalue weighted by molar-refractivity contribution is -0.136. The van der Waals surface area contributed by atoms with Crippen LogP contribution < -0.4 is 0 Å². The normalized spacial score (nSPS) is 11.2. The molecule has 0 aliphatic heterocycles. The van der Waals surface area contributed by atoms with Gasteiger partial charge in [-0.05, 0) is 17.7 Å². The average Bonchev–Trinajstić information content (AvgIpc) is 2.33. The zero-order chi connectivity index (χ0) is 14.6. The van der Waals surface area contributed by atoms with Crippen molar-refractivity contribution in [3.8, 4) is 0 Å². The van der Waals surface area contributed by atoms with Gasteiger partial charge in [-0.1, -0.05) is 29.3 Å². The number of aliphatic hydroxyl groups is 1. The van der Waals surface area contributed by atoms with Gasteiger partial charge in [0, 0.05) is 13.6 Å². The van der Waals surface area contributed by atoms with Crippen LogP contribution in [0.3, 0.4) is 0 Å². The van der Waals surface area contributed by atoms with E-state index in [0.717, 1.165) is 5.56 Å². The summed E-state index contributed by atoms with van der Waals surface area (Å²) in [5, 5.41) is 18.2. The van der Waals surface area contributed by atoms with Crippen molar-refractivity contribution in [2.45, 2.75) is 6.54 Å². The minimum atomic E-state index is -1.56. The Morgan fingerprint density at radius 1 is 1.26 bits per heavy atom. The van der Waals surface area contributed by atoms with Crippen LogP contribution in [-0.4, -0.2) is 34.0 Å². The zero-order valence-electron chi connectivity index (χ0n) is 9.93. The molecule has 0 unspecified atom stereocenters. The molecule has 0 saturated heterocycles. The van der Waals surface area contributed by atoms with Gasteiger partial charge in [0.25, 0.3) is 5.91 Å². The van der Waals surface area contributed by atoms with Crippen molar-refractivity contribution in [2.75, 3.05) is 7.05 Å². The molecule has 0 radical (unpaired) electrons. The Balaban J connectivity index is 2.76. The van der Waals surface area contributed by atoms with Crippen LogP contribution in [0.5, 0.6) is 0 Å². The second-order valence-corrected chi connectivity index (χ2v) is 4.59. The number of hydrogen-bond acceptors (Lipinski definition) is 3. The van der Waals surface area contributed by atoms with Crippen LogP contribution in [0.4, 0.5) is 0 Å². The Morgan fingerprint density at radius 3 is 2.42 bits per heavy atom. The third-order valence-electron chi connectivity index (χ3n) is 2.26. The predicted octanol–water partition coefficient (Wildman–Crippen LogP) is 2.48. The molecule has 5 nitrogen and oxygen atoms in total. The summed E-state index contributed by atoms with van der Waals surface area (Å²) in [5.74, 6) is -3.20. The van der Waals surface area contributed by atoms with Crippen LogP contribution in [-0.2, 0) is 16.1 Å². The summed E-state index contributed by atoms with van der Waals surface area (Å²) in [6.07, 6.45) is 0.639. The fourth-order valence-electron chi connectivity index (χ4n) is 1.28. The Morgan fingerprint density at radius 2 is 1.89 bits per heavy atom. The fourth-order valence-corrected chi connectivity index (χ4v) is 1.60. The van der Waals surface area contributed by atoms with Gasteiger partial charge in [0.05, 0.1) is 16.1 Å². The molecule has 0 fully saturated rings. The molecule has 0 atom stereocenters. The number of hydrogen-bond donors (Lipinski definition) is 2. The predicted molar refractivity (Wildman–Crippen MR) is 71.3 cm³/mol. The lowest BCUT2D eigenvalue weighted by Crippen LogP contribution is -2.25. The van der Waals surface area contributed by atoms with Crippen LogP contribution in [0.1, 0.15) is 5.56 Å². The highest BCUT2D eigenvalue weighted by Crippen LogP contribution is 2.23. The minimum Gasteiger partial charge on any atom is -0.502 e. The molecule has 1 amide bonds. The summed E-state index contributed by atoms with van der Waals surface area (Å²) in [4.78, 5) is 23.2. The molecule has 0 saturated carbocycles. The van der Waals surface area contributed by atoms with Crippen LogP contribution in [0.25, 0.3) is 0 Å². The molecular formula is C12H11Cl2NO4. The average molecular weight is 304 g/mol. The Hall–Kier alpha value is -1.72. The van der Waals surface area contributed by atoms with Crippen molar-refractivity contribution in [3.63, 3.8) is 0 Å². The summed E-state index contributed by atoms with van der Waals surface area (Å²) < 4.78 is 0. The standard InChI is InChI=1S/C12H11Cl2NO4/c1-15(11(17)5-10(16)12(18)19)6-7-2-3-8(13)9(14)4-7/h2-5,16H,6H2,1H3,(H,18,19)/b10-5-. The molecule has 1 aromatic carbocycles. The third kappa shape index (κ3) is 4.46. The van der Waals surface area contributed by atoms with Gasteiger partial charge in [-0.25, -0.2) is 4.79 Å². The number of carbonyl (C=O) groups excluding carboxylic acids is 1. The van der Waals surface area contributed by atoms with Gasteiger partial charge in [0.15, 0.2) is 0 Å². The maximum Gasteiger partial charge on any atom is 0.371 e. The maximum absolute atomic E-state index is 11.6. The second kappa shape index (κ2) is 6.45. The van der Waals surface area contributed by atoms with Crippen molar-refractivity contribution in [3.05, 3.63) is 45.6 Å². The van der Waals surface area contributed by atoms with Crippen LogP contribution in [0.15, 0.2) is 30.0 Å². The molecule has 1 rings (SSSR count). The van der Waals surface area contributed by atoms with Crippen LogP contribution in [0, 0.1) is 0 Å². The quantitative estimate of drug-likeness (QED) is 0.661. The topological polar surface area (TPSA) is 77.8 Å². The highest BCUT2D eigenvalue weighted by molar-refractivity contribution is 6.42. The highest BCUT2D eigenvalue weighted by atomic mass is 35.5. The number of benzene rings is 1. The number of aliphatic carboxylic acids is 1. The summed E-state index contributed by atoms with van der Waals surface area (Å²) in [6.45, 7) is 0.207. The molecule has 0 aliphatic rings. The first-order valence-electron chi connectivity index (χ1n) is 5.14. The van der Waals surface area contributed by atoms with Crippen LogP contribution in [0.2, 0.25) is 10.0 Å². The SMILES string of the molecule is CN(Cc1ccc(Cl)c(Cl)c1)C(=O)/C=C(\O)C(=O)O. The van der Waals surface area contributed by atoms with Crippen molar-refractivity contribution < 1.29 is 19.8 Å². The van der Waals surface area contributed by atoms with E-state index in [-0.39, 0.29) is 6.54 Å². The van der Waals surface area contributed by atoms with Crippen molar-refractivity contribution in [1.82, 2.24) is 4.90 Å². The fraction of sp³-hybridized carbons (Fsp3) is 0.167. The van der Waals surface area contributed by atoms with E-state index in [4.69, 9.17) is 33.4 Å². The van der Waals surface area contributed by atoms with Crippen molar-refractivity contribution in [1.29, 1.82) is 0 Å². The molecule has 0 aliphatic carbocycles. The molecule has 1 aromatic rings. The minimum absolute atomic E-state index is 0.207. The molecule has 102 valence electrons. The van der Waals surface area contributed by atoms with Gasteiger partial charge in [0.2, 0.25) is 5.76 Å². The van der Waals surface area contributed by atoms with Gasteiger partial charge in [-0.15, -0.1) is 0 Å². The van der Waals surface area contributed by atoms with E-state index in [1.165, 1.54) is 11.9 Å². The van der Waals surface area contributed by atoms with E-state index in [9.17, 15) is 9.59 Å². The van der Waals surface area contributed by atoms with E-state index >= 15 is 0 Å². The van der Waals surface area contributed by atoms with E-state index in [0.29, 0.717) is 16.1 Å². The molecule has 0 spiro atoms. The number of carbonyl (C=O) groups is 2. The van der Waals surface area contributed by atoms with E-state index < -0.39 is 17.6 Å². The first kappa shape index (κ1) is 15.3. The number of halogens is 2.